The minimum atomic E-state index is -0.00885. The van der Waals surface area contributed by atoms with E-state index in [0.717, 1.165) is 58.8 Å². The van der Waals surface area contributed by atoms with E-state index in [1.807, 2.05) is 0 Å². The molecule has 8 heteroatoms. The van der Waals surface area contributed by atoms with Gasteiger partial charge in [0, 0.05) is 53.6 Å². The molecular weight excluding hydrogens is 447 g/mol. The van der Waals surface area contributed by atoms with E-state index < -0.39 is 0 Å². The Morgan fingerprint density at radius 2 is 1.96 bits per heavy atom. The first-order valence-corrected chi connectivity index (χ1v) is 9.37. The lowest BCUT2D eigenvalue weighted by molar-refractivity contribution is -0.127. The predicted octanol–water partition coefficient (Wildman–Crippen LogP) is 1.72. The summed E-state index contributed by atoms with van der Waals surface area (Å²) in [6.45, 7) is 9.31. The van der Waals surface area contributed by atoms with E-state index in [9.17, 15) is 4.79 Å². The first kappa shape index (κ1) is 25.4. The normalized spacial score (nSPS) is 15.5. The zero-order valence-electron chi connectivity index (χ0n) is 16.8. The van der Waals surface area contributed by atoms with Crippen molar-refractivity contribution in [2.45, 2.75) is 33.1 Å². The van der Waals surface area contributed by atoms with Crippen LogP contribution in [0.1, 0.15) is 33.1 Å². The summed E-state index contributed by atoms with van der Waals surface area (Å²) in [4.78, 5) is 17.6. The van der Waals surface area contributed by atoms with E-state index in [-0.39, 0.29) is 36.4 Å². The highest BCUT2D eigenvalue weighted by molar-refractivity contribution is 14.0. The molecule has 1 saturated heterocycles. The van der Waals surface area contributed by atoms with Gasteiger partial charge in [-0.3, -0.25) is 4.79 Å². The highest BCUT2D eigenvalue weighted by Crippen LogP contribution is 2.14. The highest BCUT2D eigenvalue weighted by atomic mass is 127. The number of nitrogens with zero attached hydrogens (tertiary/aromatic N) is 2. The molecular formula is C18H37IN4O3. The number of likely N-dealkylation sites (N-methyl/N-ethyl adjacent to an activating group) is 1. The molecule has 0 radical (unpaired) electrons. The minimum Gasteiger partial charge on any atom is -0.381 e. The van der Waals surface area contributed by atoms with Crippen LogP contribution >= 0.6 is 24.0 Å². The molecule has 1 aliphatic rings. The van der Waals surface area contributed by atoms with Gasteiger partial charge in [0.15, 0.2) is 5.96 Å². The summed E-state index contributed by atoms with van der Waals surface area (Å²) in [6, 6.07) is 0. The van der Waals surface area contributed by atoms with Crippen molar-refractivity contribution in [2.24, 2.45) is 16.8 Å². The highest BCUT2D eigenvalue weighted by Gasteiger charge is 2.13. The third kappa shape index (κ3) is 12.7. The quantitative estimate of drug-likeness (QED) is 0.214. The van der Waals surface area contributed by atoms with Gasteiger partial charge < -0.3 is 25.0 Å². The average molecular weight is 484 g/mol. The molecule has 0 bridgehead atoms. The molecule has 2 N–H and O–H groups in total. The molecule has 0 aromatic carbocycles. The van der Waals surface area contributed by atoms with Crippen molar-refractivity contribution in [1.29, 1.82) is 0 Å². The number of guanidine groups is 1. The minimum absolute atomic E-state index is 0. The Kier molecular flexibility index (Phi) is 15.1. The fraction of sp³-hybridized carbons (Fsp3) is 0.889. The number of carbonyl (C=O) groups is 1. The maximum atomic E-state index is 11.7. The number of hydrogen-bond donors (Lipinski definition) is 2. The standard InChI is InChI=1S/C18H36N4O3.HI/c1-15(2)12-20-18(21-13-17(23)22(3)4)19-8-5-9-25-14-16-6-10-24-11-7-16;/h15-16H,5-14H2,1-4H3,(H2,19,20,21);1H. The van der Waals surface area contributed by atoms with Gasteiger partial charge >= 0.3 is 0 Å². The van der Waals surface area contributed by atoms with E-state index >= 15 is 0 Å². The lowest BCUT2D eigenvalue weighted by atomic mass is 10.0. The van der Waals surface area contributed by atoms with Crippen LogP contribution in [0.4, 0.5) is 0 Å². The molecule has 0 unspecified atom stereocenters. The first-order valence-electron chi connectivity index (χ1n) is 9.37. The van der Waals surface area contributed by atoms with E-state index in [2.05, 4.69) is 29.5 Å². The molecule has 26 heavy (non-hydrogen) atoms. The van der Waals surface area contributed by atoms with Gasteiger partial charge in [0.1, 0.15) is 6.54 Å². The lowest BCUT2D eigenvalue weighted by Crippen LogP contribution is -2.40. The Balaban J connectivity index is 0.00000625. The molecule has 1 heterocycles. The number of nitrogens with one attached hydrogen (secondary N) is 2. The molecule has 1 rings (SSSR count). The maximum Gasteiger partial charge on any atom is 0.243 e. The topological polar surface area (TPSA) is 75.2 Å². The van der Waals surface area contributed by atoms with Crippen LogP contribution in [0.5, 0.6) is 0 Å². The summed E-state index contributed by atoms with van der Waals surface area (Å²) < 4.78 is 11.1. The Hall–Kier alpha value is -0.610. The molecule has 0 atom stereocenters. The van der Waals surface area contributed by atoms with Crippen LogP contribution in [0.2, 0.25) is 0 Å². The number of hydrogen-bond acceptors (Lipinski definition) is 4. The van der Waals surface area contributed by atoms with Gasteiger partial charge in [0.05, 0.1) is 0 Å². The molecule has 1 amide bonds. The van der Waals surface area contributed by atoms with Crippen LogP contribution in [-0.2, 0) is 14.3 Å². The molecule has 0 aromatic rings. The third-order valence-corrected chi connectivity index (χ3v) is 4.00. The van der Waals surface area contributed by atoms with Gasteiger partial charge in [-0.2, -0.15) is 0 Å². The van der Waals surface area contributed by atoms with E-state index in [1.54, 1.807) is 19.0 Å². The van der Waals surface area contributed by atoms with Crippen LogP contribution < -0.4 is 10.6 Å². The fourth-order valence-electron chi connectivity index (χ4n) is 2.31. The van der Waals surface area contributed by atoms with Crippen LogP contribution in [0, 0.1) is 11.8 Å². The van der Waals surface area contributed by atoms with E-state index in [4.69, 9.17) is 9.47 Å². The van der Waals surface area contributed by atoms with Gasteiger partial charge in [-0.15, -0.1) is 24.0 Å². The Bertz CT molecular complexity index is 400. The molecule has 0 saturated carbocycles. The molecule has 154 valence electrons. The fourth-order valence-corrected chi connectivity index (χ4v) is 2.31. The van der Waals surface area contributed by atoms with Gasteiger partial charge in [-0.25, -0.2) is 4.99 Å². The second-order valence-electron chi connectivity index (χ2n) is 7.14. The summed E-state index contributed by atoms with van der Waals surface area (Å²) in [5.74, 6) is 1.83. The van der Waals surface area contributed by atoms with Crippen LogP contribution in [0.15, 0.2) is 4.99 Å². The second-order valence-corrected chi connectivity index (χ2v) is 7.14. The van der Waals surface area contributed by atoms with Crippen molar-refractivity contribution in [3.63, 3.8) is 0 Å². The van der Waals surface area contributed by atoms with Crippen LogP contribution in [0.25, 0.3) is 0 Å². The Morgan fingerprint density at radius 1 is 1.27 bits per heavy atom. The van der Waals surface area contributed by atoms with Crippen molar-refractivity contribution >= 4 is 35.8 Å². The number of carbonyl (C=O) groups excluding carboxylic acids is 1. The molecule has 0 spiro atoms. The number of halogens is 1. The summed E-state index contributed by atoms with van der Waals surface area (Å²) >= 11 is 0. The average Bonchev–Trinajstić information content (AvgIpc) is 2.59. The molecule has 7 nitrogen and oxygen atoms in total. The first-order chi connectivity index (χ1) is 12.0. The largest absolute Gasteiger partial charge is 0.381 e. The smallest absolute Gasteiger partial charge is 0.243 e. The zero-order chi connectivity index (χ0) is 18.5. The SMILES string of the molecule is CC(C)CNC(=NCC(=O)N(C)C)NCCCOCC1CCOCC1.I. The Labute approximate surface area is 175 Å². The predicted molar refractivity (Wildman–Crippen MR) is 116 cm³/mol. The third-order valence-electron chi connectivity index (χ3n) is 4.00. The van der Waals surface area contributed by atoms with E-state index in [1.165, 1.54) is 0 Å². The number of ether oxygens (including phenoxy) is 2. The molecule has 0 aliphatic carbocycles. The number of rotatable bonds is 10. The summed E-state index contributed by atoms with van der Waals surface area (Å²) in [5, 5.41) is 6.55. The summed E-state index contributed by atoms with van der Waals surface area (Å²) in [5.41, 5.74) is 0. The van der Waals surface area contributed by atoms with Crippen molar-refractivity contribution in [3.05, 3.63) is 0 Å². The molecule has 1 aliphatic heterocycles. The van der Waals surface area contributed by atoms with Crippen LogP contribution in [0.3, 0.4) is 0 Å². The van der Waals surface area contributed by atoms with Crippen molar-refractivity contribution in [3.8, 4) is 0 Å². The Morgan fingerprint density at radius 3 is 2.58 bits per heavy atom. The van der Waals surface area contributed by atoms with Crippen molar-refractivity contribution < 1.29 is 14.3 Å². The zero-order valence-corrected chi connectivity index (χ0v) is 19.1. The van der Waals surface area contributed by atoms with Crippen molar-refractivity contribution in [2.75, 3.05) is 60.2 Å². The molecule has 0 aromatic heterocycles. The summed E-state index contributed by atoms with van der Waals surface area (Å²) in [7, 11) is 3.48. The van der Waals surface area contributed by atoms with Gasteiger partial charge in [-0.1, -0.05) is 13.8 Å². The van der Waals surface area contributed by atoms with Gasteiger partial charge in [0.25, 0.3) is 0 Å². The molecule has 1 fully saturated rings. The van der Waals surface area contributed by atoms with Crippen LogP contribution in [-0.4, -0.2) is 76.9 Å². The maximum absolute atomic E-state index is 11.7. The lowest BCUT2D eigenvalue weighted by Gasteiger charge is -2.21. The van der Waals surface area contributed by atoms with Gasteiger partial charge in [0.2, 0.25) is 5.91 Å². The number of amides is 1. The summed E-state index contributed by atoms with van der Waals surface area (Å²) in [6.07, 6.45) is 3.12. The van der Waals surface area contributed by atoms with E-state index in [0.29, 0.717) is 17.8 Å². The monoisotopic (exact) mass is 484 g/mol. The second kappa shape index (κ2) is 15.4. The van der Waals surface area contributed by atoms with Crippen molar-refractivity contribution in [1.82, 2.24) is 15.5 Å². The number of aliphatic imine (C=N–C) groups is 1. The van der Waals surface area contributed by atoms with Gasteiger partial charge in [-0.05, 0) is 31.1 Å².